The second-order valence-electron chi connectivity index (χ2n) is 3.32. The largest absolute Gasteiger partial charge is 0.413 e. The number of rotatable bonds is 1. The molecule has 0 saturated carbocycles. The molecule has 0 unspecified atom stereocenters. The molecule has 0 heterocycles. The average Bonchev–Trinajstić information content (AvgIpc) is 2.28. The first-order chi connectivity index (χ1) is 7.95. The van der Waals surface area contributed by atoms with Crippen molar-refractivity contribution in [2.45, 2.75) is 0 Å². The Morgan fingerprint density at radius 2 is 1.76 bits per heavy atom. The van der Waals surface area contributed by atoms with Crippen LogP contribution in [0.4, 0.5) is 0 Å². The van der Waals surface area contributed by atoms with Gasteiger partial charge in [-0.15, -0.1) is 0 Å². The number of carbonyl (C=O) groups excluding carboxylic acids is 1. The van der Waals surface area contributed by atoms with Gasteiger partial charge in [0.15, 0.2) is 0 Å². The van der Waals surface area contributed by atoms with Crippen LogP contribution in [0.15, 0.2) is 30.3 Å². The van der Waals surface area contributed by atoms with Crippen LogP contribution in [0.5, 0.6) is 0 Å². The highest BCUT2D eigenvalue weighted by Gasteiger charge is 2.35. The van der Waals surface area contributed by atoms with Crippen molar-refractivity contribution in [2.24, 2.45) is 0 Å². The van der Waals surface area contributed by atoms with E-state index in [-0.39, 0.29) is 21.7 Å². The van der Waals surface area contributed by atoms with Crippen molar-refractivity contribution in [1.82, 2.24) is 0 Å². The fourth-order valence-corrected chi connectivity index (χ4v) is 2.66. The standard InChI is InChI=1S/C10H6ClN2O3S/c11-17(15,16)9-5-8(13-12)10(14)7-4-2-1-3-6(7)9/h1-5,12H/q+1. The molecule has 1 aliphatic rings. The summed E-state index contributed by atoms with van der Waals surface area (Å²) in [5, 5.41) is 0. The van der Waals surface area contributed by atoms with Crippen molar-refractivity contribution < 1.29 is 18.0 Å². The maximum Gasteiger partial charge on any atom is 0.413 e. The molecule has 5 nitrogen and oxygen atoms in total. The van der Waals surface area contributed by atoms with Crippen molar-refractivity contribution in [1.29, 1.82) is 5.53 Å². The minimum Gasteiger partial charge on any atom is -0.280 e. The van der Waals surface area contributed by atoms with E-state index in [1.165, 1.54) is 12.1 Å². The van der Waals surface area contributed by atoms with E-state index in [1.54, 1.807) is 12.1 Å². The number of nitrogens with one attached hydrogen (secondary N) is 1. The molecule has 17 heavy (non-hydrogen) atoms. The van der Waals surface area contributed by atoms with Crippen LogP contribution in [-0.2, 0) is 9.05 Å². The Bertz CT molecular complexity index is 700. The number of allylic oxidation sites excluding steroid dienone is 1. The lowest BCUT2D eigenvalue weighted by atomic mass is 9.95. The molecule has 0 amide bonds. The summed E-state index contributed by atoms with van der Waals surface area (Å²) in [5.74, 6) is -0.486. The lowest BCUT2D eigenvalue weighted by Crippen LogP contribution is -2.21. The summed E-state index contributed by atoms with van der Waals surface area (Å²) >= 11 is 0. The maximum absolute atomic E-state index is 11.8. The van der Waals surface area contributed by atoms with Crippen molar-refractivity contribution >= 4 is 36.1 Å². The Morgan fingerprint density at radius 1 is 1.18 bits per heavy atom. The Balaban J connectivity index is 2.85. The van der Waals surface area contributed by atoms with Crippen molar-refractivity contribution in [3.8, 4) is 0 Å². The zero-order valence-corrected chi connectivity index (χ0v) is 9.92. The monoisotopic (exact) mass is 269 g/mol. The molecule has 7 heteroatoms. The zero-order chi connectivity index (χ0) is 12.6. The first kappa shape index (κ1) is 11.7. The maximum atomic E-state index is 11.8. The van der Waals surface area contributed by atoms with Crippen LogP contribution in [0, 0.1) is 5.53 Å². The molecule has 0 bridgehead atoms. The molecule has 86 valence electrons. The van der Waals surface area contributed by atoms with Crippen LogP contribution in [0.2, 0.25) is 0 Å². The fraction of sp³-hybridized carbons (Fsp3) is 0. The normalized spacial score (nSPS) is 15.0. The second kappa shape index (κ2) is 3.92. The van der Waals surface area contributed by atoms with Gasteiger partial charge in [-0.3, -0.25) is 4.79 Å². The third kappa shape index (κ3) is 1.93. The van der Waals surface area contributed by atoms with Gasteiger partial charge in [-0.05, 0) is 0 Å². The summed E-state index contributed by atoms with van der Waals surface area (Å²) in [6.07, 6.45) is 1.01. The summed E-state index contributed by atoms with van der Waals surface area (Å²) in [6.45, 7) is 0. The quantitative estimate of drug-likeness (QED) is 0.476. The van der Waals surface area contributed by atoms with E-state index in [4.69, 9.17) is 16.2 Å². The summed E-state index contributed by atoms with van der Waals surface area (Å²) in [4.78, 5) is 14.6. The van der Waals surface area contributed by atoms with Gasteiger partial charge in [0.05, 0.1) is 21.3 Å². The van der Waals surface area contributed by atoms with Crippen LogP contribution in [0.25, 0.3) is 4.91 Å². The smallest absolute Gasteiger partial charge is 0.280 e. The zero-order valence-electron chi connectivity index (χ0n) is 8.34. The van der Waals surface area contributed by atoms with Gasteiger partial charge in [0.1, 0.15) is 0 Å². The molecular weight excluding hydrogens is 264 g/mol. The first-order valence-electron chi connectivity index (χ1n) is 4.50. The summed E-state index contributed by atoms with van der Waals surface area (Å²) in [6, 6.07) is 6.16. The lowest BCUT2D eigenvalue weighted by Gasteiger charge is -2.10. The highest BCUT2D eigenvalue weighted by Crippen LogP contribution is 2.31. The number of halogens is 1. The number of nitrogens with zero attached hydrogens (tertiary/aromatic N) is 1. The average molecular weight is 270 g/mol. The van der Waals surface area contributed by atoms with Gasteiger partial charge in [-0.1, -0.05) is 24.3 Å². The Labute approximate surface area is 101 Å². The summed E-state index contributed by atoms with van der Waals surface area (Å²) in [7, 11) is 1.30. The van der Waals surface area contributed by atoms with Crippen molar-refractivity contribution in [3.05, 3.63) is 41.5 Å². The molecule has 1 aliphatic carbocycles. The van der Waals surface area contributed by atoms with Crippen LogP contribution in [0.3, 0.4) is 0 Å². The summed E-state index contributed by atoms with van der Waals surface area (Å²) < 4.78 is 22.8. The van der Waals surface area contributed by atoms with E-state index in [0.29, 0.717) is 0 Å². The SMILES string of the molecule is N=[N+]=C1C=C(S(=O)(=O)Cl)c2ccccc2C1=O. The number of carbonyl (C=O) groups is 1. The van der Waals surface area contributed by atoms with Gasteiger partial charge in [0.25, 0.3) is 14.8 Å². The number of fused-ring (bicyclic) bond motifs is 1. The van der Waals surface area contributed by atoms with E-state index in [2.05, 4.69) is 4.79 Å². The van der Waals surface area contributed by atoms with Gasteiger partial charge < -0.3 is 0 Å². The molecule has 0 aliphatic heterocycles. The van der Waals surface area contributed by atoms with E-state index in [1.807, 2.05) is 0 Å². The van der Waals surface area contributed by atoms with Crippen LogP contribution in [0.1, 0.15) is 15.9 Å². The van der Waals surface area contributed by atoms with Crippen molar-refractivity contribution in [2.75, 3.05) is 0 Å². The molecule has 0 spiro atoms. The Hall–Kier alpha value is -1.75. The predicted molar refractivity (Wildman–Crippen MR) is 61.5 cm³/mol. The van der Waals surface area contributed by atoms with E-state index < -0.39 is 14.8 Å². The van der Waals surface area contributed by atoms with E-state index in [9.17, 15) is 13.2 Å². The highest BCUT2D eigenvalue weighted by atomic mass is 35.7. The third-order valence-corrected chi connectivity index (χ3v) is 3.68. The van der Waals surface area contributed by atoms with Gasteiger partial charge >= 0.3 is 5.71 Å². The van der Waals surface area contributed by atoms with Gasteiger partial charge in [-0.2, -0.15) is 0 Å². The van der Waals surface area contributed by atoms with E-state index >= 15 is 0 Å². The number of Topliss-reactive ketones (excluding diaryl/α,β-unsaturated/α-hetero) is 1. The third-order valence-electron chi connectivity index (χ3n) is 2.32. The second-order valence-corrected chi connectivity index (χ2v) is 5.85. The number of hydrogen-bond donors (Lipinski definition) is 1. The molecule has 2 rings (SSSR count). The Morgan fingerprint density at radius 3 is 2.29 bits per heavy atom. The molecule has 1 N–H and O–H groups in total. The molecule has 1 aromatic rings. The molecule has 0 atom stereocenters. The van der Waals surface area contributed by atoms with Crippen LogP contribution in [-0.4, -0.2) is 24.7 Å². The number of benzene rings is 1. The number of hydrogen-bond acceptors (Lipinski definition) is 4. The Kier molecular flexibility index (Phi) is 2.71. The lowest BCUT2D eigenvalue weighted by molar-refractivity contribution is -0.117. The van der Waals surface area contributed by atoms with Gasteiger partial charge in [0, 0.05) is 21.8 Å². The van der Waals surface area contributed by atoms with Crippen molar-refractivity contribution in [3.63, 3.8) is 0 Å². The van der Waals surface area contributed by atoms with Crippen LogP contribution < -0.4 is 0 Å². The molecule has 0 saturated heterocycles. The van der Waals surface area contributed by atoms with Gasteiger partial charge in [-0.25, -0.2) is 8.42 Å². The van der Waals surface area contributed by atoms with Crippen LogP contribution >= 0.6 is 10.7 Å². The number of ketones is 1. The molecule has 0 fully saturated rings. The molecule has 0 radical (unpaired) electrons. The van der Waals surface area contributed by atoms with E-state index in [0.717, 1.165) is 6.08 Å². The topological polar surface area (TPSA) is 89.2 Å². The minimum absolute atomic E-state index is 0.181. The van der Waals surface area contributed by atoms with Gasteiger partial charge in [0.2, 0.25) is 0 Å². The minimum atomic E-state index is -3.99. The first-order valence-corrected chi connectivity index (χ1v) is 6.81. The highest BCUT2D eigenvalue weighted by molar-refractivity contribution is 8.21. The molecule has 0 aromatic heterocycles. The molecule has 1 aromatic carbocycles. The fourth-order valence-electron chi connectivity index (χ4n) is 1.59. The molecular formula is C10H6ClN2O3S+. The predicted octanol–water partition coefficient (Wildman–Crippen LogP) is 1.47. The summed E-state index contributed by atoms with van der Waals surface area (Å²) in [5.41, 5.74) is 7.02.